The Morgan fingerprint density at radius 2 is 2.00 bits per heavy atom. The zero-order chi connectivity index (χ0) is 14.1. The van der Waals surface area contributed by atoms with Crippen molar-refractivity contribution in [3.05, 3.63) is 58.3 Å². The molecule has 2 aromatic carbocycles. The summed E-state index contributed by atoms with van der Waals surface area (Å²) in [4.78, 5) is 4.09. The Morgan fingerprint density at radius 1 is 1.15 bits per heavy atom. The molecule has 0 aliphatic heterocycles. The lowest BCUT2D eigenvalue weighted by atomic mass is 10.1. The number of aromatic nitrogens is 1. The molecule has 5 heteroatoms. The van der Waals surface area contributed by atoms with Crippen molar-refractivity contribution in [1.82, 2.24) is 4.98 Å². The lowest BCUT2D eigenvalue weighted by Crippen LogP contribution is -1.97. The maximum absolute atomic E-state index is 6.21. The first-order valence-electron chi connectivity index (χ1n) is 5.99. The number of pyridine rings is 1. The van der Waals surface area contributed by atoms with Crippen LogP contribution in [-0.4, -0.2) is 4.98 Å². The van der Waals surface area contributed by atoms with E-state index in [9.17, 15) is 0 Å². The number of nitrogens with one attached hydrogen (secondary N) is 1. The van der Waals surface area contributed by atoms with Gasteiger partial charge in [-0.15, -0.1) is 0 Å². The van der Waals surface area contributed by atoms with Gasteiger partial charge in [-0.25, -0.2) is 0 Å². The minimum Gasteiger partial charge on any atom is -0.397 e. The van der Waals surface area contributed by atoms with Gasteiger partial charge in [0.1, 0.15) is 0 Å². The second kappa shape index (κ2) is 5.31. The summed E-state index contributed by atoms with van der Waals surface area (Å²) in [5, 5.41) is 5.98. The molecule has 0 saturated carbocycles. The number of nitrogen functional groups attached to an aromatic ring is 1. The standard InChI is InChI=1S/C15H11BrClN3/c16-12-7-10(2-3-13(12)17)20-14-4-1-9-8-19-6-5-11(9)15(14)18/h1-8,20H,18H2. The Balaban J connectivity index is 2.02. The fourth-order valence-corrected chi connectivity index (χ4v) is 2.53. The number of nitrogens with two attached hydrogens (primary N) is 1. The molecule has 3 aromatic rings. The zero-order valence-corrected chi connectivity index (χ0v) is 12.7. The van der Waals surface area contributed by atoms with Crippen LogP contribution in [0, 0.1) is 0 Å². The number of halogens is 2. The van der Waals surface area contributed by atoms with Gasteiger partial charge < -0.3 is 11.1 Å². The van der Waals surface area contributed by atoms with Crippen molar-refractivity contribution in [2.24, 2.45) is 0 Å². The average Bonchev–Trinajstić information content (AvgIpc) is 2.46. The topological polar surface area (TPSA) is 50.9 Å². The van der Waals surface area contributed by atoms with E-state index in [1.807, 2.05) is 36.4 Å². The third-order valence-electron chi connectivity index (χ3n) is 3.06. The summed E-state index contributed by atoms with van der Waals surface area (Å²) in [6.07, 6.45) is 3.54. The van der Waals surface area contributed by atoms with Gasteiger partial charge in [-0.05, 0) is 46.3 Å². The van der Waals surface area contributed by atoms with Gasteiger partial charge in [-0.2, -0.15) is 0 Å². The molecule has 0 aliphatic rings. The summed E-state index contributed by atoms with van der Waals surface area (Å²) >= 11 is 9.39. The van der Waals surface area contributed by atoms with E-state index in [2.05, 4.69) is 26.2 Å². The molecule has 3 nitrogen and oxygen atoms in total. The first kappa shape index (κ1) is 13.2. The van der Waals surface area contributed by atoms with Crippen LogP contribution in [0.25, 0.3) is 10.8 Å². The van der Waals surface area contributed by atoms with Crippen LogP contribution in [0.15, 0.2) is 53.3 Å². The third kappa shape index (κ3) is 2.44. The minimum absolute atomic E-state index is 0.674. The van der Waals surface area contributed by atoms with E-state index in [-0.39, 0.29) is 0 Å². The Kier molecular flexibility index (Phi) is 3.51. The van der Waals surface area contributed by atoms with E-state index < -0.39 is 0 Å². The van der Waals surface area contributed by atoms with Gasteiger partial charge in [0.2, 0.25) is 0 Å². The van der Waals surface area contributed by atoms with Gasteiger partial charge in [0.15, 0.2) is 0 Å². The number of hydrogen-bond donors (Lipinski definition) is 2. The average molecular weight is 349 g/mol. The zero-order valence-electron chi connectivity index (χ0n) is 10.4. The Morgan fingerprint density at radius 3 is 2.80 bits per heavy atom. The maximum Gasteiger partial charge on any atom is 0.0634 e. The molecule has 0 amide bonds. The molecule has 0 bridgehead atoms. The maximum atomic E-state index is 6.21. The van der Waals surface area contributed by atoms with Crippen molar-refractivity contribution < 1.29 is 0 Å². The van der Waals surface area contributed by atoms with Crippen LogP contribution < -0.4 is 11.1 Å². The lowest BCUT2D eigenvalue weighted by Gasteiger charge is -2.12. The predicted octanol–water partition coefficient (Wildman–Crippen LogP) is 4.98. The molecule has 1 aromatic heterocycles. The van der Waals surface area contributed by atoms with Gasteiger partial charge in [0.25, 0.3) is 0 Å². The highest BCUT2D eigenvalue weighted by Gasteiger charge is 2.06. The molecule has 3 rings (SSSR count). The smallest absolute Gasteiger partial charge is 0.0634 e. The summed E-state index contributed by atoms with van der Waals surface area (Å²) in [6.45, 7) is 0. The lowest BCUT2D eigenvalue weighted by molar-refractivity contribution is 1.36. The summed E-state index contributed by atoms with van der Waals surface area (Å²) in [7, 11) is 0. The Labute approximate surface area is 129 Å². The molecular weight excluding hydrogens is 338 g/mol. The van der Waals surface area contributed by atoms with Crippen molar-refractivity contribution in [2.45, 2.75) is 0 Å². The van der Waals surface area contributed by atoms with E-state index in [0.29, 0.717) is 10.7 Å². The predicted molar refractivity (Wildman–Crippen MR) is 88.6 cm³/mol. The number of anilines is 3. The van der Waals surface area contributed by atoms with Gasteiger partial charge in [-0.3, -0.25) is 4.98 Å². The molecule has 0 fully saturated rings. The van der Waals surface area contributed by atoms with Crippen LogP contribution >= 0.6 is 27.5 Å². The number of nitrogens with zero attached hydrogens (tertiary/aromatic N) is 1. The third-order valence-corrected chi connectivity index (χ3v) is 4.27. The minimum atomic E-state index is 0.674. The fourth-order valence-electron chi connectivity index (χ4n) is 2.03. The Hall–Kier alpha value is -1.78. The number of rotatable bonds is 2. The fraction of sp³-hybridized carbons (Fsp3) is 0. The molecule has 0 radical (unpaired) electrons. The first-order valence-corrected chi connectivity index (χ1v) is 7.16. The van der Waals surface area contributed by atoms with Gasteiger partial charge in [-0.1, -0.05) is 17.7 Å². The van der Waals surface area contributed by atoms with Crippen LogP contribution in [0.1, 0.15) is 0 Å². The van der Waals surface area contributed by atoms with Crippen molar-refractivity contribution in [3.8, 4) is 0 Å². The molecule has 0 spiro atoms. The summed E-state index contributed by atoms with van der Waals surface area (Å²) in [5.41, 5.74) is 8.69. The van der Waals surface area contributed by atoms with E-state index in [1.54, 1.807) is 12.4 Å². The summed E-state index contributed by atoms with van der Waals surface area (Å²) in [6, 6.07) is 11.5. The van der Waals surface area contributed by atoms with Crippen LogP contribution in [0.3, 0.4) is 0 Å². The van der Waals surface area contributed by atoms with Gasteiger partial charge >= 0.3 is 0 Å². The molecule has 0 atom stereocenters. The van der Waals surface area contributed by atoms with Gasteiger partial charge in [0.05, 0.1) is 16.4 Å². The summed E-state index contributed by atoms with van der Waals surface area (Å²) in [5.74, 6) is 0. The normalized spacial score (nSPS) is 10.7. The molecule has 3 N–H and O–H groups in total. The highest BCUT2D eigenvalue weighted by atomic mass is 79.9. The van der Waals surface area contributed by atoms with E-state index in [4.69, 9.17) is 17.3 Å². The molecular formula is C15H11BrClN3. The molecule has 0 unspecified atom stereocenters. The molecule has 20 heavy (non-hydrogen) atoms. The van der Waals surface area contributed by atoms with Crippen molar-refractivity contribution in [3.63, 3.8) is 0 Å². The largest absolute Gasteiger partial charge is 0.397 e. The number of fused-ring (bicyclic) bond motifs is 1. The second-order valence-corrected chi connectivity index (χ2v) is 5.64. The molecule has 0 saturated heterocycles. The van der Waals surface area contributed by atoms with Crippen LogP contribution in [-0.2, 0) is 0 Å². The van der Waals surface area contributed by atoms with E-state index >= 15 is 0 Å². The number of benzene rings is 2. The monoisotopic (exact) mass is 347 g/mol. The number of hydrogen-bond acceptors (Lipinski definition) is 3. The van der Waals surface area contributed by atoms with E-state index in [1.165, 1.54) is 0 Å². The highest BCUT2D eigenvalue weighted by Crippen LogP contribution is 2.32. The molecule has 0 aliphatic carbocycles. The quantitative estimate of drug-likeness (QED) is 0.642. The van der Waals surface area contributed by atoms with Crippen molar-refractivity contribution >= 4 is 55.4 Å². The van der Waals surface area contributed by atoms with Crippen molar-refractivity contribution in [2.75, 3.05) is 11.1 Å². The second-order valence-electron chi connectivity index (χ2n) is 4.38. The van der Waals surface area contributed by atoms with Crippen LogP contribution in [0.5, 0.6) is 0 Å². The first-order chi connectivity index (χ1) is 9.65. The van der Waals surface area contributed by atoms with Crippen LogP contribution in [0.4, 0.5) is 17.1 Å². The molecule has 1 heterocycles. The highest BCUT2D eigenvalue weighted by molar-refractivity contribution is 9.10. The van der Waals surface area contributed by atoms with Crippen LogP contribution in [0.2, 0.25) is 5.02 Å². The summed E-state index contributed by atoms with van der Waals surface area (Å²) < 4.78 is 0.840. The Bertz CT molecular complexity index is 789. The van der Waals surface area contributed by atoms with E-state index in [0.717, 1.165) is 26.6 Å². The SMILES string of the molecule is Nc1c(Nc2ccc(Cl)c(Br)c2)ccc2cnccc12. The molecule has 100 valence electrons. The van der Waals surface area contributed by atoms with Gasteiger partial charge in [0, 0.05) is 33.3 Å². The van der Waals surface area contributed by atoms with Crippen molar-refractivity contribution in [1.29, 1.82) is 0 Å².